The largest absolute Gasteiger partial charge is 0.378 e. The fraction of sp³-hybridized carbons (Fsp3) is 0.588. The fourth-order valence-electron chi connectivity index (χ4n) is 2.52. The molecule has 1 heterocycles. The van der Waals surface area contributed by atoms with Gasteiger partial charge in [0.1, 0.15) is 0 Å². The Labute approximate surface area is 127 Å². The standard InChI is InChI=1S/C17H26N2O2/c1-13-5-6-14(18-16(20)12-17(2,3)4)11-15(13)19-7-9-21-10-8-19/h5-6,11H,7-10,12H2,1-4H3,(H,18,20). The van der Waals surface area contributed by atoms with Crippen molar-refractivity contribution in [3.63, 3.8) is 0 Å². The van der Waals surface area contributed by atoms with Crippen molar-refractivity contribution in [2.45, 2.75) is 34.1 Å². The maximum atomic E-state index is 12.1. The Morgan fingerprint density at radius 3 is 2.57 bits per heavy atom. The molecule has 116 valence electrons. The molecule has 4 heteroatoms. The summed E-state index contributed by atoms with van der Waals surface area (Å²) in [5.74, 6) is 0.0688. The van der Waals surface area contributed by atoms with Gasteiger partial charge in [-0.25, -0.2) is 0 Å². The van der Waals surface area contributed by atoms with Gasteiger partial charge in [-0.15, -0.1) is 0 Å². The molecule has 0 atom stereocenters. The molecular formula is C17H26N2O2. The van der Waals surface area contributed by atoms with Crippen LogP contribution in [0.5, 0.6) is 0 Å². The average molecular weight is 290 g/mol. The molecule has 1 aromatic rings. The summed E-state index contributed by atoms with van der Waals surface area (Å²) in [4.78, 5) is 14.4. The van der Waals surface area contributed by atoms with Crippen LogP contribution in [-0.4, -0.2) is 32.2 Å². The lowest BCUT2D eigenvalue weighted by Crippen LogP contribution is -2.36. The van der Waals surface area contributed by atoms with E-state index in [9.17, 15) is 4.79 Å². The van der Waals surface area contributed by atoms with Gasteiger partial charge in [-0.1, -0.05) is 26.8 Å². The molecule has 1 aliphatic rings. The van der Waals surface area contributed by atoms with Crippen molar-refractivity contribution in [3.05, 3.63) is 23.8 Å². The predicted octanol–water partition coefficient (Wildman–Crippen LogP) is 3.21. The van der Waals surface area contributed by atoms with E-state index in [1.54, 1.807) is 0 Å². The number of carbonyl (C=O) groups is 1. The molecule has 1 amide bonds. The molecular weight excluding hydrogens is 264 g/mol. The maximum absolute atomic E-state index is 12.1. The number of rotatable bonds is 3. The first-order valence-corrected chi connectivity index (χ1v) is 7.58. The van der Waals surface area contributed by atoms with Crippen molar-refractivity contribution in [3.8, 4) is 0 Å². The molecule has 2 rings (SSSR count). The van der Waals surface area contributed by atoms with Crippen LogP contribution in [0.25, 0.3) is 0 Å². The van der Waals surface area contributed by atoms with Gasteiger partial charge in [0, 0.05) is 30.9 Å². The van der Waals surface area contributed by atoms with E-state index in [0.29, 0.717) is 6.42 Å². The van der Waals surface area contributed by atoms with Crippen LogP contribution in [0, 0.1) is 12.3 Å². The Kier molecular flexibility index (Phi) is 4.88. The number of ether oxygens (including phenoxy) is 1. The van der Waals surface area contributed by atoms with Gasteiger partial charge in [-0.3, -0.25) is 4.79 Å². The van der Waals surface area contributed by atoms with Gasteiger partial charge in [0.15, 0.2) is 0 Å². The number of amides is 1. The minimum absolute atomic E-state index is 0.00180. The zero-order valence-electron chi connectivity index (χ0n) is 13.5. The van der Waals surface area contributed by atoms with Gasteiger partial charge >= 0.3 is 0 Å². The summed E-state index contributed by atoms with van der Waals surface area (Å²) in [7, 11) is 0. The SMILES string of the molecule is Cc1ccc(NC(=O)CC(C)(C)C)cc1N1CCOCC1. The first-order chi connectivity index (χ1) is 9.85. The van der Waals surface area contributed by atoms with Gasteiger partial charge in [-0.2, -0.15) is 0 Å². The van der Waals surface area contributed by atoms with Gasteiger partial charge in [0.2, 0.25) is 5.91 Å². The molecule has 0 spiro atoms. The molecule has 0 saturated carbocycles. The predicted molar refractivity (Wildman–Crippen MR) is 86.9 cm³/mol. The molecule has 0 aliphatic carbocycles. The quantitative estimate of drug-likeness (QED) is 0.929. The summed E-state index contributed by atoms with van der Waals surface area (Å²) >= 11 is 0. The normalized spacial score (nSPS) is 15.9. The average Bonchev–Trinajstić information content (AvgIpc) is 2.40. The first-order valence-electron chi connectivity index (χ1n) is 7.58. The van der Waals surface area contributed by atoms with E-state index >= 15 is 0 Å². The summed E-state index contributed by atoms with van der Waals surface area (Å²) in [6.45, 7) is 11.6. The van der Waals surface area contributed by atoms with Gasteiger partial charge in [-0.05, 0) is 30.0 Å². The van der Waals surface area contributed by atoms with Crippen molar-refractivity contribution in [2.24, 2.45) is 5.41 Å². The van der Waals surface area contributed by atoms with Crippen LogP contribution in [0.3, 0.4) is 0 Å². The number of carbonyl (C=O) groups excluding carboxylic acids is 1. The summed E-state index contributed by atoms with van der Waals surface area (Å²) in [6, 6.07) is 6.11. The van der Waals surface area contributed by atoms with Crippen molar-refractivity contribution >= 4 is 17.3 Å². The third-order valence-corrected chi connectivity index (χ3v) is 3.54. The second-order valence-electron chi connectivity index (χ2n) is 6.89. The van der Waals surface area contributed by atoms with Crippen molar-refractivity contribution in [1.82, 2.24) is 0 Å². The van der Waals surface area contributed by atoms with E-state index in [-0.39, 0.29) is 11.3 Å². The zero-order chi connectivity index (χ0) is 15.5. The van der Waals surface area contributed by atoms with Crippen LogP contribution in [0.1, 0.15) is 32.8 Å². The summed E-state index contributed by atoms with van der Waals surface area (Å²) in [6.07, 6.45) is 0.522. The summed E-state index contributed by atoms with van der Waals surface area (Å²) < 4.78 is 5.40. The van der Waals surface area contributed by atoms with Crippen LogP contribution in [0.15, 0.2) is 18.2 Å². The number of benzene rings is 1. The Morgan fingerprint density at radius 2 is 1.95 bits per heavy atom. The van der Waals surface area contributed by atoms with Crippen LogP contribution in [0.2, 0.25) is 0 Å². The second-order valence-corrected chi connectivity index (χ2v) is 6.89. The molecule has 1 saturated heterocycles. The smallest absolute Gasteiger partial charge is 0.224 e. The Hall–Kier alpha value is -1.55. The lowest BCUT2D eigenvalue weighted by Gasteiger charge is -2.30. The zero-order valence-corrected chi connectivity index (χ0v) is 13.5. The minimum Gasteiger partial charge on any atom is -0.378 e. The van der Waals surface area contributed by atoms with Crippen molar-refractivity contribution in [1.29, 1.82) is 0 Å². The number of nitrogens with one attached hydrogen (secondary N) is 1. The van der Waals surface area contributed by atoms with Gasteiger partial charge in [0.25, 0.3) is 0 Å². The number of aryl methyl sites for hydroxylation is 1. The Balaban J connectivity index is 2.09. The Bertz CT molecular complexity index is 500. The topological polar surface area (TPSA) is 41.6 Å². The lowest BCUT2D eigenvalue weighted by atomic mass is 9.92. The first kappa shape index (κ1) is 15.8. The number of anilines is 2. The monoisotopic (exact) mass is 290 g/mol. The van der Waals surface area contributed by atoms with E-state index < -0.39 is 0 Å². The van der Waals surface area contributed by atoms with Gasteiger partial charge in [0.05, 0.1) is 13.2 Å². The number of hydrogen-bond donors (Lipinski definition) is 1. The third kappa shape index (κ3) is 4.74. The molecule has 0 radical (unpaired) electrons. The molecule has 0 aromatic heterocycles. The molecule has 21 heavy (non-hydrogen) atoms. The lowest BCUT2D eigenvalue weighted by molar-refractivity contribution is -0.117. The van der Waals surface area contributed by atoms with Gasteiger partial charge < -0.3 is 15.0 Å². The molecule has 1 fully saturated rings. The molecule has 4 nitrogen and oxygen atoms in total. The Morgan fingerprint density at radius 1 is 1.29 bits per heavy atom. The van der Waals surface area contributed by atoms with E-state index in [1.165, 1.54) is 11.3 Å². The summed E-state index contributed by atoms with van der Waals surface area (Å²) in [5, 5.41) is 3.01. The molecule has 0 bridgehead atoms. The highest BCUT2D eigenvalue weighted by molar-refractivity contribution is 5.91. The third-order valence-electron chi connectivity index (χ3n) is 3.54. The van der Waals surface area contributed by atoms with E-state index in [1.807, 2.05) is 6.07 Å². The molecule has 1 aliphatic heterocycles. The fourth-order valence-corrected chi connectivity index (χ4v) is 2.52. The van der Waals surface area contributed by atoms with Crippen LogP contribution >= 0.6 is 0 Å². The summed E-state index contributed by atoms with van der Waals surface area (Å²) in [5.41, 5.74) is 3.29. The van der Waals surface area contributed by atoms with E-state index in [2.05, 4.69) is 50.0 Å². The maximum Gasteiger partial charge on any atom is 0.224 e. The van der Waals surface area contributed by atoms with Crippen LogP contribution in [0.4, 0.5) is 11.4 Å². The molecule has 1 N–H and O–H groups in total. The van der Waals surface area contributed by atoms with Crippen LogP contribution in [-0.2, 0) is 9.53 Å². The van der Waals surface area contributed by atoms with Crippen molar-refractivity contribution in [2.75, 3.05) is 36.5 Å². The highest BCUT2D eigenvalue weighted by atomic mass is 16.5. The highest BCUT2D eigenvalue weighted by Gasteiger charge is 2.17. The minimum atomic E-state index is 0.00180. The number of nitrogens with zero attached hydrogens (tertiary/aromatic N) is 1. The van der Waals surface area contributed by atoms with Crippen molar-refractivity contribution < 1.29 is 9.53 Å². The highest BCUT2D eigenvalue weighted by Crippen LogP contribution is 2.26. The van der Waals surface area contributed by atoms with E-state index in [4.69, 9.17) is 4.74 Å². The van der Waals surface area contributed by atoms with E-state index in [0.717, 1.165) is 32.0 Å². The second kappa shape index (κ2) is 6.48. The number of hydrogen-bond acceptors (Lipinski definition) is 3. The molecule has 1 aromatic carbocycles. The number of morpholine rings is 1. The van der Waals surface area contributed by atoms with Crippen LogP contribution < -0.4 is 10.2 Å². The molecule has 0 unspecified atom stereocenters.